The van der Waals surface area contributed by atoms with Gasteiger partial charge in [-0.05, 0) is 25.5 Å². The zero-order chi connectivity index (χ0) is 16.9. The van der Waals surface area contributed by atoms with Gasteiger partial charge in [-0.2, -0.15) is 0 Å². The summed E-state index contributed by atoms with van der Waals surface area (Å²) in [6.45, 7) is 1.77. The molecule has 1 atom stereocenters. The maximum absolute atomic E-state index is 12.0. The van der Waals surface area contributed by atoms with E-state index in [1.54, 1.807) is 24.3 Å². The van der Waals surface area contributed by atoms with Crippen molar-refractivity contribution in [3.05, 3.63) is 29.8 Å². The number of rotatable bonds is 7. The van der Waals surface area contributed by atoms with Gasteiger partial charge in [0.15, 0.2) is 12.4 Å². The number of hydrogen-bond acceptors (Lipinski definition) is 5. The van der Waals surface area contributed by atoms with E-state index in [0.29, 0.717) is 24.3 Å². The number of carboxylic acid groups (broad SMARTS) is 1. The molecule has 1 saturated heterocycles. The summed E-state index contributed by atoms with van der Waals surface area (Å²) in [6, 6.07) is 6.53. The third-order valence-corrected chi connectivity index (χ3v) is 3.61. The highest BCUT2D eigenvalue weighted by Gasteiger charge is 2.38. The molecule has 1 unspecified atom stereocenters. The minimum Gasteiger partial charge on any atom is -0.484 e. The second-order valence-corrected chi connectivity index (χ2v) is 5.57. The molecule has 1 heterocycles. The predicted octanol–water partition coefficient (Wildman–Crippen LogP) is 1.02. The number of carbonyl (C=O) groups is 3. The molecular formula is C16H19NO6. The van der Waals surface area contributed by atoms with E-state index < -0.39 is 17.4 Å². The third-order valence-electron chi connectivity index (χ3n) is 3.61. The third kappa shape index (κ3) is 4.79. The SMILES string of the molecule is CC(=O)c1cccc(OCC(=O)NC2(CC(=O)O)CCOC2)c1. The maximum Gasteiger partial charge on any atom is 0.305 e. The van der Waals surface area contributed by atoms with E-state index in [1.807, 2.05) is 0 Å². The van der Waals surface area contributed by atoms with Gasteiger partial charge in [0, 0.05) is 12.2 Å². The lowest BCUT2D eigenvalue weighted by molar-refractivity contribution is -0.139. The van der Waals surface area contributed by atoms with E-state index in [4.69, 9.17) is 14.6 Å². The van der Waals surface area contributed by atoms with Gasteiger partial charge in [0.25, 0.3) is 5.91 Å². The molecule has 23 heavy (non-hydrogen) atoms. The standard InChI is InChI=1S/C16H19NO6/c1-11(18)12-3-2-4-13(7-12)23-9-14(19)17-16(8-15(20)21)5-6-22-10-16/h2-4,7H,5-6,8-10H2,1H3,(H,17,19)(H,20,21). The van der Waals surface area contributed by atoms with Gasteiger partial charge in [-0.15, -0.1) is 0 Å². The lowest BCUT2D eigenvalue weighted by Crippen LogP contribution is -2.51. The summed E-state index contributed by atoms with van der Waals surface area (Å²) >= 11 is 0. The van der Waals surface area contributed by atoms with Crippen molar-refractivity contribution in [3.63, 3.8) is 0 Å². The molecule has 2 N–H and O–H groups in total. The van der Waals surface area contributed by atoms with Crippen molar-refractivity contribution in [2.45, 2.75) is 25.3 Å². The molecule has 7 heteroatoms. The summed E-state index contributed by atoms with van der Waals surface area (Å²) in [4.78, 5) is 34.3. The highest BCUT2D eigenvalue weighted by molar-refractivity contribution is 5.94. The van der Waals surface area contributed by atoms with Crippen LogP contribution in [0.25, 0.3) is 0 Å². The summed E-state index contributed by atoms with van der Waals surface area (Å²) in [6.07, 6.45) is 0.253. The normalized spacial score (nSPS) is 20.0. The number of aliphatic carboxylic acids is 1. The Morgan fingerprint density at radius 3 is 2.78 bits per heavy atom. The van der Waals surface area contributed by atoms with Gasteiger partial charge in [-0.3, -0.25) is 14.4 Å². The Hall–Kier alpha value is -2.41. The van der Waals surface area contributed by atoms with Crippen LogP contribution < -0.4 is 10.1 Å². The number of carbonyl (C=O) groups excluding carboxylic acids is 2. The number of ketones is 1. The fraction of sp³-hybridized carbons (Fsp3) is 0.438. The van der Waals surface area contributed by atoms with Gasteiger partial charge < -0.3 is 19.9 Å². The molecule has 1 amide bonds. The van der Waals surface area contributed by atoms with Crippen molar-refractivity contribution in [3.8, 4) is 5.75 Å². The average Bonchev–Trinajstić information content (AvgIpc) is 2.92. The molecule has 0 aliphatic carbocycles. The molecule has 1 aliphatic heterocycles. The molecule has 1 fully saturated rings. The monoisotopic (exact) mass is 321 g/mol. The van der Waals surface area contributed by atoms with Crippen molar-refractivity contribution in [2.75, 3.05) is 19.8 Å². The van der Waals surface area contributed by atoms with Gasteiger partial charge in [0.2, 0.25) is 0 Å². The zero-order valence-electron chi connectivity index (χ0n) is 12.8. The molecule has 0 radical (unpaired) electrons. The van der Waals surface area contributed by atoms with Gasteiger partial charge in [-0.25, -0.2) is 0 Å². The largest absolute Gasteiger partial charge is 0.484 e. The highest BCUT2D eigenvalue weighted by atomic mass is 16.5. The molecule has 7 nitrogen and oxygen atoms in total. The van der Waals surface area contributed by atoms with Crippen LogP contribution in [0.1, 0.15) is 30.1 Å². The molecule has 1 aromatic carbocycles. The van der Waals surface area contributed by atoms with Crippen molar-refractivity contribution >= 4 is 17.7 Å². The molecule has 124 valence electrons. The lowest BCUT2D eigenvalue weighted by Gasteiger charge is -2.26. The van der Waals surface area contributed by atoms with Gasteiger partial charge in [0.1, 0.15) is 5.75 Å². The maximum atomic E-state index is 12.0. The van der Waals surface area contributed by atoms with Crippen molar-refractivity contribution in [2.24, 2.45) is 0 Å². The van der Waals surface area contributed by atoms with Crippen LogP contribution in [0.5, 0.6) is 5.75 Å². The summed E-state index contributed by atoms with van der Waals surface area (Å²) < 4.78 is 10.6. The Kier molecular flexibility index (Phi) is 5.33. The number of benzene rings is 1. The van der Waals surface area contributed by atoms with Crippen LogP contribution in [0.3, 0.4) is 0 Å². The summed E-state index contributed by atoms with van der Waals surface area (Å²) in [7, 11) is 0. The predicted molar refractivity (Wildman–Crippen MR) is 80.5 cm³/mol. The quantitative estimate of drug-likeness (QED) is 0.727. The van der Waals surface area contributed by atoms with Crippen molar-refractivity contribution in [1.82, 2.24) is 5.32 Å². The Morgan fingerprint density at radius 2 is 2.17 bits per heavy atom. The molecule has 0 bridgehead atoms. The Bertz CT molecular complexity index is 606. The van der Waals surface area contributed by atoms with Crippen molar-refractivity contribution in [1.29, 1.82) is 0 Å². The second-order valence-electron chi connectivity index (χ2n) is 5.57. The molecule has 2 rings (SSSR count). The zero-order valence-corrected chi connectivity index (χ0v) is 12.8. The second kappa shape index (κ2) is 7.23. The first-order valence-corrected chi connectivity index (χ1v) is 7.25. The number of carboxylic acids is 1. The minimum absolute atomic E-state index is 0.0941. The fourth-order valence-corrected chi connectivity index (χ4v) is 2.46. The summed E-state index contributed by atoms with van der Waals surface area (Å²) in [5.41, 5.74) is -0.387. The first-order valence-electron chi connectivity index (χ1n) is 7.25. The summed E-state index contributed by atoms with van der Waals surface area (Å²) in [5.74, 6) is -1.11. The molecule has 1 aliphatic rings. The van der Waals surface area contributed by atoms with Crippen LogP contribution in [0, 0.1) is 0 Å². The van der Waals surface area contributed by atoms with E-state index in [2.05, 4.69) is 5.32 Å². The average molecular weight is 321 g/mol. The van der Waals surface area contributed by atoms with E-state index >= 15 is 0 Å². The lowest BCUT2D eigenvalue weighted by atomic mass is 9.94. The van der Waals surface area contributed by atoms with Crippen LogP contribution in [-0.4, -0.2) is 48.1 Å². The molecule has 1 aromatic rings. The Labute approximate surface area is 133 Å². The molecule has 0 saturated carbocycles. The van der Waals surface area contributed by atoms with Crippen LogP contribution >= 0.6 is 0 Å². The van der Waals surface area contributed by atoms with Crippen LogP contribution in [0.15, 0.2) is 24.3 Å². The van der Waals surface area contributed by atoms with E-state index in [1.165, 1.54) is 6.92 Å². The highest BCUT2D eigenvalue weighted by Crippen LogP contribution is 2.22. The number of ether oxygens (including phenoxy) is 2. The topological polar surface area (TPSA) is 102 Å². The number of Topliss-reactive ketones (excluding diaryl/α,β-unsaturated/α-hetero) is 1. The van der Waals surface area contributed by atoms with E-state index in [-0.39, 0.29) is 25.4 Å². The first-order chi connectivity index (χ1) is 10.9. The van der Waals surface area contributed by atoms with Gasteiger partial charge >= 0.3 is 5.97 Å². The van der Waals surface area contributed by atoms with E-state index in [0.717, 1.165) is 0 Å². The van der Waals surface area contributed by atoms with Crippen LogP contribution in [-0.2, 0) is 14.3 Å². The molecular weight excluding hydrogens is 302 g/mol. The van der Waals surface area contributed by atoms with Gasteiger partial charge in [0.05, 0.1) is 18.6 Å². The molecule has 0 spiro atoms. The number of nitrogens with one attached hydrogen (secondary N) is 1. The first kappa shape index (κ1) is 17.0. The Balaban J connectivity index is 1.92. The van der Waals surface area contributed by atoms with Gasteiger partial charge in [-0.1, -0.05) is 12.1 Å². The van der Waals surface area contributed by atoms with Crippen LogP contribution in [0.4, 0.5) is 0 Å². The van der Waals surface area contributed by atoms with Crippen LogP contribution in [0.2, 0.25) is 0 Å². The fourth-order valence-electron chi connectivity index (χ4n) is 2.46. The van der Waals surface area contributed by atoms with E-state index in [9.17, 15) is 14.4 Å². The Morgan fingerprint density at radius 1 is 1.39 bits per heavy atom. The summed E-state index contributed by atoms with van der Waals surface area (Å²) in [5, 5.41) is 11.7. The van der Waals surface area contributed by atoms with Crippen molar-refractivity contribution < 1.29 is 29.0 Å². The number of hydrogen-bond donors (Lipinski definition) is 2. The number of amides is 1. The minimum atomic E-state index is -0.995. The smallest absolute Gasteiger partial charge is 0.305 e. The molecule has 0 aromatic heterocycles.